The summed E-state index contributed by atoms with van der Waals surface area (Å²) in [6, 6.07) is 5.76. The molecule has 174 valence electrons. The Bertz CT molecular complexity index is 1090. The first kappa shape index (κ1) is 24.6. The Morgan fingerprint density at radius 1 is 1.25 bits per heavy atom. The van der Waals surface area contributed by atoms with Crippen LogP contribution >= 0.6 is 19.2 Å². The Balaban J connectivity index is 1.72. The highest BCUT2D eigenvalue weighted by Crippen LogP contribution is 2.39. The van der Waals surface area contributed by atoms with Gasteiger partial charge >= 0.3 is 7.82 Å². The Morgan fingerprint density at radius 2 is 2.03 bits per heavy atom. The molecule has 1 atom stereocenters. The van der Waals surface area contributed by atoms with Crippen molar-refractivity contribution in [3.8, 4) is 22.0 Å². The van der Waals surface area contributed by atoms with E-state index in [2.05, 4.69) is 31.8 Å². The summed E-state index contributed by atoms with van der Waals surface area (Å²) in [5, 5.41) is 13.4. The van der Waals surface area contributed by atoms with Crippen LogP contribution in [-0.4, -0.2) is 36.7 Å². The zero-order valence-corrected chi connectivity index (χ0v) is 20.0. The molecule has 0 fully saturated rings. The molecule has 0 aliphatic carbocycles. The van der Waals surface area contributed by atoms with Crippen LogP contribution in [0.15, 0.2) is 22.7 Å². The SMILES string of the molecule is CCCCCCc1nc(-c2ccc(-c3nnc([C@@](C)(N)COP(=O)(O)O)s3)cc2C)no1. The first-order chi connectivity index (χ1) is 15.1. The Labute approximate surface area is 190 Å². The third kappa shape index (κ3) is 6.50. The summed E-state index contributed by atoms with van der Waals surface area (Å²) in [4.78, 5) is 22.3. The van der Waals surface area contributed by atoms with E-state index in [1.54, 1.807) is 6.92 Å². The van der Waals surface area contributed by atoms with Gasteiger partial charge in [0.2, 0.25) is 11.7 Å². The van der Waals surface area contributed by atoms with E-state index in [0.29, 0.717) is 21.7 Å². The molecule has 32 heavy (non-hydrogen) atoms. The van der Waals surface area contributed by atoms with Gasteiger partial charge in [-0.05, 0) is 31.9 Å². The number of unbranched alkanes of at least 4 members (excludes halogenated alkanes) is 3. The van der Waals surface area contributed by atoms with Crippen LogP contribution in [0.2, 0.25) is 0 Å². The van der Waals surface area contributed by atoms with Gasteiger partial charge in [-0.15, -0.1) is 10.2 Å². The molecular weight excluding hydrogens is 453 g/mol. The molecule has 0 radical (unpaired) electrons. The van der Waals surface area contributed by atoms with E-state index < -0.39 is 13.4 Å². The molecule has 3 rings (SSSR count). The summed E-state index contributed by atoms with van der Waals surface area (Å²) >= 11 is 1.24. The van der Waals surface area contributed by atoms with Crippen LogP contribution in [0.25, 0.3) is 22.0 Å². The second-order valence-corrected chi connectivity index (χ2v) is 10.2. The van der Waals surface area contributed by atoms with Gasteiger partial charge in [0.05, 0.1) is 12.1 Å². The quantitative estimate of drug-likeness (QED) is 0.270. The van der Waals surface area contributed by atoms with Crippen LogP contribution in [0.3, 0.4) is 0 Å². The van der Waals surface area contributed by atoms with E-state index in [0.717, 1.165) is 36.0 Å². The maximum Gasteiger partial charge on any atom is 0.469 e. The minimum atomic E-state index is -4.63. The number of aryl methyl sites for hydroxylation is 2. The molecule has 0 aliphatic heterocycles. The van der Waals surface area contributed by atoms with E-state index in [9.17, 15) is 4.57 Å². The second kappa shape index (κ2) is 10.3. The van der Waals surface area contributed by atoms with E-state index in [4.69, 9.17) is 20.0 Å². The van der Waals surface area contributed by atoms with Crippen molar-refractivity contribution in [2.75, 3.05) is 6.61 Å². The van der Waals surface area contributed by atoms with Crippen molar-refractivity contribution in [1.82, 2.24) is 20.3 Å². The van der Waals surface area contributed by atoms with Crippen LogP contribution < -0.4 is 5.73 Å². The normalized spacial score (nSPS) is 13.9. The zero-order valence-electron chi connectivity index (χ0n) is 18.3. The minimum Gasteiger partial charge on any atom is -0.339 e. The fourth-order valence-electron chi connectivity index (χ4n) is 3.07. The maximum absolute atomic E-state index is 11.0. The largest absolute Gasteiger partial charge is 0.469 e. The molecule has 1 aromatic carbocycles. The first-order valence-corrected chi connectivity index (χ1v) is 12.7. The van der Waals surface area contributed by atoms with Crippen LogP contribution in [0, 0.1) is 6.92 Å². The highest BCUT2D eigenvalue weighted by Gasteiger charge is 2.30. The number of hydrogen-bond acceptors (Lipinski definition) is 9. The van der Waals surface area contributed by atoms with Gasteiger partial charge in [-0.1, -0.05) is 54.8 Å². The molecular formula is C20H28N5O5PS. The van der Waals surface area contributed by atoms with Gasteiger partial charge in [-0.2, -0.15) is 4.98 Å². The van der Waals surface area contributed by atoms with Crippen LogP contribution in [0.5, 0.6) is 0 Å². The minimum absolute atomic E-state index is 0.386. The highest BCUT2D eigenvalue weighted by molar-refractivity contribution is 7.46. The fraction of sp³-hybridized carbons (Fsp3) is 0.500. The van der Waals surface area contributed by atoms with Crippen molar-refractivity contribution in [3.05, 3.63) is 34.7 Å². The van der Waals surface area contributed by atoms with Crippen LogP contribution in [0.1, 0.15) is 56.0 Å². The molecule has 0 saturated heterocycles. The second-order valence-electron chi connectivity index (χ2n) is 7.95. The van der Waals surface area contributed by atoms with E-state index >= 15 is 0 Å². The zero-order chi connectivity index (χ0) is 23.4. The Hall–Kier alpha value is -2.01. The number of benzene rings is 1. The molecule has 12 heteroatoms. The monoisotopic (exact) mass is 481 g/mol. The number of rotatable bonds is 11. The van der Waals surface area contributed by atoms with Gasteiger partial charge in [0.1, 0.15) is 10.0 Å². The third-order valence-corrected chi connectivity index (χ3v) is 6.59. The molecule has 0 bridgehead atoms. The van der Waals surface area contributed by atoms with Gasteiger partial charge < -0.3 is 20.0 Å². The molecule has 0 aliphatic rings. The third-order valence-electron chi connectivity index (χ3n) is 4.87. The van der Waals surface area contributed by atoms with Crippen molar-refractivity contribution in [2.45, 2.75) is 58.4 Å². The average Bonchev–Trinajstić information content (AvgIpc) is 3.40. The summed E-state index contributed by atoms with van der Waals surface area (Å²) < 4.78 is 20.9. The molecule has 10 nitrogen and oxygen atoms in total. The summed E-state index contributed by atoms with van der Waals surface area (Å²) in [6.45, 7) is 5.33. The lowest BCUT2D eigenvalue weighted by Crippen LogP contribution is -2.37. The lowest BCUT2D eigenvalue weighted by atomic mass is 10.0. The van der Waals surface area contributed by atoms with E-state index in [1.807, 2.05) is 25.1 Å². The van der Waals surface area contributed by atoms with Gasteiger partial charge in [0.15, 0.2) is 0 Å². The Morgan fingerprint density at radius 3 is 2.72 bits per heavy atom. The molecule has 0 unspecified atom stereocenters. The predicted molar refractivity (Wildman–Crippen MR) is 121 cm³/mol. The lowest BCUT2D eigenvalue weighted by Gasteiger charge is -2.21. The molecule has 2 aromatic heterocycles. The van der Waals surface area contributed by atoms with Crippen molar-refractivity contribution in [1.29, 1.82) is 0 Å². The number of nitrogens with zero attached hydrogens (tertiary/aromatic N) is 4. The average molecular weight is 482 g/mol. The topological polar surface area (TPSA) is 157 Å². The summed E-state index contributed by atoms with van der Waals surface area (Å²) in [6.07, 6.45) is 5.35. The smallest absolute Gasteiger partial charge is 0.339 e. The lowest BCUT2D eigenvalue weighted by molar-refractivity contribution is 0.158. The molecule has 2 heterocycles. The van der Waals surface area contributed by atoms with Crippen molar-refractivity contribution < 1.29 is 23.4 Å². The summed E-state index contributed by atoms with van der Waals surface area (Å²) in [7, 11) is -4.63. The first-order valence-electron chi connectivity index (χ1n) is 10.4. The molecule has 4 N–H and O–H groups in total. The van der Waals surface area contributed by atoms with E-state index in [-0.39, 0.29) is 6.61 Å². The predicted octanol–water partition coefficient (Wildman–Crippen LogP) is 3.97. The number of phosphoric ester groups is 1. The van der Waals surface area contributed by atoms with Gasteiger partial charge in [-0.3, -0.25) is 4.52 Å². The standard InChI is InChI=1S/C20H28N5O5PS/c1-4-5-6-7-8-16-22-17(25-30-16)15-10-9-14(11-13(15)2)18-23-24-19(32-18)20(3,21)12-29-31(26,27)28/h9-11H,4-8,12,21H2,1-3H3,(H2,26,27,28)/t20-/m0/s1. The number of aromatic nitrogens is 4. The number of hydrogen-bond donors (Lipinski definition) is 3. The highest BCUT2D eigenvalue weighted by atomic mass is 32.1. The summed E-state index contributed by atoms with van der Waals surface area (Å²) in [5.41, 5.74) is 7.61. The molecule has 0 saturated carbocycles. The van der Waals surface area contributed by atoms with Crippen LogP contribution in [-0.2, 0) is 21.0 Å². The maximum atomic E-state index is 11.0. The molecule has 0 spiro atoms. The van der Waals surface area contributed by atoms with Crippen molar-refractivity contribution in [2.24, 2.45) is 5.73 Å². The fourth-order valence-corrected chi connectivity index (χ4v) is 4.39. The van der Waals surface area contributed by atoms with Crippen molar-refractivity contribution >= 4 is 19.2 Å². The van der Waals surface area contributed by atoms with Crippen LogP contribution in [0.4, 0.5) is 0 Å². The van der Waals surface area contributed by atoms with Gasteiger partial charge in [0, 0.05) is 17.5 Å². The van der Waals surface area contributed by atoms with E-state index in [1.165, 1.54) is 24.2 Å². The Kier molecular flexibility index (Phi) is 7.92. The van der Waals surface area contributed by atoms with Gasteiger partial charge in [-0.25, -0.2) is 4.57 Å². The number of phosphoric acid groups is 1. The summed E-state index contributed by atoms with van der Waals surface area (Å²) in [5.74, 6) is 1.20. The van der Waals surface area contributed by atoms with Crippen molar-refractivity contribution in [3.63, 3.8) is 0 Å². The molecule has 3 aromatic rings. The molecule has 0 amide bonds. The number of nitrogens with two attached hydrogens (primary N) is 1. The van der Waals surface area contributed by atoms with Gasteiger partial charge in [0.25, 0.3) is 0 Å².